The number of rotatable bonds is 3. The molecule has 0 spiro atoms. The van der Waals surface area contributed by atoms with Gasteiger partial charge in [-0.1, -0.05) is 15.9 Å². The maximum absolute atomic E-state index is 12.1. The van der Waals surface area contributed by atoms with Crippen molar-refractivity contribution in [2.24, 2.45) is 5.92 Å². The van der Waals surface area contributed by atoms with Crippen LogP contribution in [0.15, 0.2) is 27.1 Å². The molecule has 2 nitrogen and oxygen atoms in total. The van der Waals surface area contributed by atoms with Gasteiger partial charge in [-0.3, -0.25) is 4.79 Å². The number of nitrogens with one attached hydrogen (secondary N) is 1. The Morgan fingerprint density at radius 3 is 2.63 bits per heavy atom. The second-order valence-corrected chi connectivity index (χ2v) is 7.34. The fourth-order valence-corrected chi connectivity index (χ4v) is 3.37. The Hall–Kier alpha value is -0.0600. The van der Waals surface area contributed by atoms with Crippen LogP contribution in [0.25, 0.3) is 0 Å². The van der Waals surface area contributed by atoms with Crippen LogP contribution >= 0.6 is 43.5 Å². The Morgan fingerprint density at radius 1 is 1.26 bits per heavy atom. The number of carbonyl (C=O) groups excluding carboxylic acids is 1. The van der Waals surface area contributed by atoms with Crippen LogP contribution < -0.4 is 5.32 Å². The van der Waals surface area contributed by atoms with E-state index in [0.717, 1.165) is 41.2 Å². The van der Waals surface area contributed by atoms with Gasteiger partial charge in [0.1, 0.15) is 0 Å². The van der Waals surface area contributed by atoms with Crippen LogP contribution in [0.3, 0.4) is 0 Å². The fraction of sp³-hybridized carbons (Fsp3) is 0.500. The molecule has 1 N–H and O–H groups in total. The van der Waals surface area contributed by atoms with E-state index in [9.17, 15) is 4.79 Å². The van der Waals surface area contributed by atoms with Gasteiger partial charge in [0, 0.05) is 20.9 Å². The molecule has 0 atom stereocenters. The lowest BCUT2D eigenvalue weighted by Gasteiger charge is -2.25. The van der Waals surface area contributed by atoms with E-state index in [1.807, 2.05) is 18.2 Å². The van der Waals surface area contributed by atoms with Gasteiger partial charge in [-0.2, -0.15) is 0 Å². The van der Waals surface area contributed by atoms with Gasteiger partial charge in [-0.25, -0.2) is 0 Å². The quantitative estimate of drug-likeness (QED) is 0.718. The lowest BCUT2D eigenvalue weighted by atomic mass is 9.89. The van der Waals surface area contributed by atoms with E-state index < -0.39 is 0 Å². The molecule has 5 heteroatoms. The average Bonchev–Trinajstić information content (AvgIpc) is 2.40. The van der Waals surface area contributed by atoms with Crippen molar-refractivity contribution in [3.8, 4) is 0 Å². The van der Waals surface area contributed by atoms with E-state index in [1.54, 1.807) is 0 Å². The topological polar surface area (TPSA) is 29.1 Å². The van der Waals surface area contributed by atoms with Crippen molar-refractivity contribution in [2.75, 3.05) is 6.54 Å². The summed E-state index contributed by atoms with van der Waals surface area (Å²) in [4.78, 5) is 12.1. The second kappa shape index (κ2) is 7.09. The smallest absolute Gasteiger partial charge is 0.252 e. The maximum Gasteiger partial charge on any atom is 0.252 e. The molecule has 1 aromatic rings. The minimum Gasteiger partial charge on any atom is -0.352 e. The van der Waals surface area contributed by atoms with Crippen molar-refractivity contribution < 1.29 is 4.79 Å². The maximum atomic E-state index is 12.1. The van der Waals surface area contributed by atoms with Gasteiger partial charge in [-0.05, 0) is 65.7 Å². The number of hydrogen-bond acceptors (Lipinski definition) is 1. The third kappa shape index (κ3) is 4.47. The lowest BCUT2D eigenvalue weighted by Crippen LogP contribution is -2.31. The van der Waals surface area contributed by atoms with Gasteiger partial charge < -0.3 is 5.32 Å². The molecule has 0 heterocycles. The number of alkyl halides is 1. The van der Waals surface area contributed by atoms with E-state index in [1.165, 1.54) is 0 Å². The molecule has 0 saturated heterocycles. The molecule has 1 amide bonds. The average molecular weight is 410 g/mol. The summed E-state index contributed by atoms with van der Waals surface area (Å²) in [5.41, 5.74) is 0.667. The number of halogens is 3. The SMILES string of the molecule is O=C(NCC1CCC(Cl)CC1)c1cc(Br)ccc1Br. The molecule has 1 aliphatic rings. The zero-order valence-electron chi connectivity index (χ0n) is 10.5. The molecule has 1 aromatic carbocycles. The summed E-state index contributed by atoms with van der Waals surface area (Å²) in [5.74, 6) is 0.533. The Morgan fingerprint density at radius 2 is 1.95 bits per heavy atom. The summed E-state index contributed by atoms with van der Waals surface area (Å²) < 4.78 is 1.72. The van der Waals surface area contributed by atoms with Crippen molar-refractivity contribution >= 4 is 49.4 Å². The number of benzene rings is 1. The van der Waals surface area contributed by atoms with Crippen molar-refractivity contribution in [3.05, 3.63) is 32.7 Å². The molecule has 0 aliphatic heterocycles. The van der Waals surface area contributed by atoms with E-state index in [0.29, 0.717) is 16.9 Å². The summed E-state index contributed by atoms with van der Waals surface area (Å²) in [7, 11) is 0. The normalized spacial score (nSPS) is 23.1. The summed E-state index contributed by atoms with van der Waals surface area (Å²) in [6.45, 7) is 0.737. The van der Waals surface area contributed by atoms with Crippen molar-refractivity contribution in [1.82, 2.24) is 5.32 Å². The zero-order valence-corrected chi connectivity index (χ0v) is 14.4. The molecule has 1 aliphatic carbocycles. The molecule has 0 bridgehead atoms. The van der Waals surface area contributed by atoms with Gasteiger partial charge >= 0.3 is 0 Å². The van der Waals surface area contributed by atoms with E-state index in [4.69, 9.17) is 11.6 Å². The van der Waals surface area contributed by atoms with E-state index >= 15 is 0 Å². The number of carbonyl (C=O) groups is 1. The van der Waals surface area contributed by atoms with Crippen LogP contribution in [0.2, 0.25) is 0 Å². The first-order chi connectivity index (χ1) is 9.06. The van der Waals surface area contributed by atoms with Crippen LogP contribution in [-0.4, -0.2) is 17.8 Å². The Kier molecular flexibility index (Phi) is 5.72. The highest BCUT2D eigenvalue weighted by Crippen LogP contribution is 2.27. The van der Waals surface area contributed by atoms with Crippen LogP contribution in [0.4, 0.5) is 0 Å². The van der Waals surface area contributed by atoms with Crippen LogP contribution in [0.1, 0.15) is 36.0 Å². The lowest BCUT2D eigenvalue weighted by molar-refractivity contribution is 0.0943. The van der Waals surface area contributed by atoms with Crippen molar-refractivity contribution in [2.45, 2.75) is 31.1 Å². The molecule has 19 heavy (non-hydrogen) atoms. The summed E-state index contributed by atoms with van der Waals surface area (Å²) in [6, 6.07) is 5.61. The van der Waals surface area contributed by atoms with Gasteiger partial charge in [0.15, 0.2) is 0 Å². The number of amides is 1. The third-order valence-electron chi connectivity index (χ3n) is 3.50. The second-order valence-electron chi connectivity index (χ2n) is 4.95. The standard InChI is InChI=1S/C14H16Br2ClNO/c15-10-3-6-13(16)12(7-10)14(19)18-8-9-1-4-11(17)5-2-9/h3,6-7,9,11H,1-2,4-5,8H2,(H,18,19). The molecule has 1 fully saturated rings. The first-order valence-corrected chi connectivity index (χ1v) is 8.46. The molecule has 1 saturated carbocycles. The predicted molar refractivity (Wildman–Crippen MR) is 85.8 cm³/mol. The Bertz CT molecular complexity index is 459. The predicted octanol–water partition coefficient (Wildman–Crippen LogP) is 4.74. The van der Waals surface area contributed by atoms with Gasteiger partial charge in [-0.15, -0.1) is 11.6 Å². The molecular formula is C14H16Br2ClNO. The Balaban J connectivity index is 1.89. The summed E-state index contributed by atoms with van der Waals surface area (Å²) in [6.07, 6.45) is 4.33. The van der Waals surface area contributed by atoms with Crippen molar-refractivity contribution in [3.63, 3.8) is 0 Å². The van der Waals surface area contributed by atoms with Gasteiger partial charge in [0.05, 0.1) is 5.56 Å². The van der Waals surface area contributed by atoms with Crippen LogP contribution in [0.5, 0.6) is 0 Å². The molecule has 2 rings (SSSR count). The summed E-state index contributed by atoms with van der Waals surface area (Å²) >= 11 is 12.9. The highest BCUT2D eigenvalue weighted by molar-refractivity contribution is 9.11. The van der Waals surface area contributed by atoms with Crippen molar-refractivity contribution in [1.29, 1.82) is 0 Å². The minimum absolute atomic E-state index is 0.0267. The van der Waals surface area contributed by atoms with E-state index in [-0.39, 0.29) is 5.91 Å². The molecule has 104 valence electrons. The molecule has 0 radical (unpaired) electrons. The highest BCUT2D eigenvalue weighted by atomic mass is 79.9. The molecule has 0 unspecified atom stereocenters. The fourth-order valence-electron chi connectivity index (χ4n) is 2.33. The first-order valence-electron chi connectivity index (χ1n) is 6.43. The monoisotopic (exact) mass is 407 g/mol. The van der Waals surface area contributed by atoms with E-state index in [2.05, 4.69) is 37.2 Å². The third-order valence-corrected chi connectivity index (χ3v) is 5.12. The zero-order chi connectivity index (χ0) is 13.8. The number of hydrogen-bond donors (Lipinski definition) is 1. The van der Waals surface area contributed by atoms with Crippen LogP contribution in [0, 0.1) is 5.92 Å². The summed E-state index contributed by atoms with van der Waals surface area (Å²) in [5, 5.41) is 3.34. The first kappa shape index (κ1) is 15.3. The van der Waals surface area contributed by atoms with Crippen LogP contribution in [-0.2, 0) is 0 Å². The largest absolute Gasteiger partial charge is 0.352 e. The van der Waals surface area contributed by atoms with Gasteiger partial charge in [0.2, 0.25) is 0 Å². The molecular weight excluding hydrogens is 393 g/mol. The Labute approximate surface area is 135 Å². The highest BCUT2D eigenvalue weighted by Gasteiger charge is 2.20. The molecule has 0 aromatic heterocycles. The van der Waals surface area contributed by atoms with Gasteiger partial charge in [0.25, 0.3) is 5.91 Å². The minimum atomic E-state index is -0.0267.